The molecule has 3 rings (SSSR count). The van der Waals surface area contributed by atoms with Gasteiger partial charge >= 0.3 is 5.97 Å². The third-order valence-corrected chi connectivity index (χ3v) is 5.87. The molecule has 0 N–H and O–H groups in total. The van der Waals surface area contributed by atoms with Gasteiger partial charge in [0, 0.05) is 31.0 Å². The summed E-state index contributed by atoms with van der Waals surface area (Å²) in [6.45, 7) is 7.05. The van der Waals surface area contributed by atoms with E-state index in [-0.39, 0.29) is 24.8 Å². The average molecular weight is 454 g/mol. The van der Waals surface area contributed by atoms with Crippen LogP contribution in [0.3, 0.4) is 0 Å². The number of nitrogens with zero attached hydrogens (tertiary/aromatic N) is 3. The van der Waals surface area contributed by atoms with Gasteiger partial charge in [-0.2, -0.15) is 0 Å². The molecule has 0 aliphatic rings. The second-order valence-electron chi connectivity index (χ2n) is 7.03. The van der Waals surface area contributed by atoms with Crippen LogP contribution in [0.1, 0.15) is 41.2 Å². The Labute approximate surface area is 192 Å². The molecule has 0 unspecified atom stereocenters. The molecule has 0 saturated heterocycles. The topological polar surface area (TPSA) is 81.6 Å². The number of esters is 1. The maximum atomic E-state index is 13.4. The van der Waals surface area contributed by atoms with E-state index < -0.39 is 0 Å². The number of hydrogen-bond acceptors (Lipinski definition) is 7. The highest BCUT2D eigenvalue weighted by atomic mass is 32.1. The normalized spacial score (nSPS) is 10.6. The predicted molar refractivity (Wildman–Crippen MR) is 124 cm³/mol. The number of aromatic nitrogens is 2. The van der Waals surface area contributed by atoms with E-state index in [0.717, 1.165) is 21.9 Å². The highest BCUT2D eigenvalue weighted by molar-refractivity contribution is 7.17. The van der Waals surface area contributed by atoms with E-state index in [1.807, 2.05) is 50.2 Å². The van der Waals surface area contributed by atoms with Gasteiger partial charge in [0.25, 0.3) is 5.91 Å². The number of carbonyl (C=O) groups excluding carboxylic acids is 2. The molecular weight excluding hydrogens is 426 g/mol. The number of thiazole rings is 1. The standard InChI is InChI=1S/C24H27N3O4S/c1-4-30-20-10-8-19(9-11-20)23-26-17(3)22(32-23)24(29)27(14-12-21(28)31-5-2)16-18-7-6-13-25-15-18/h6-11,13,15H,4-5,12,14,16H2,1-3H3. The largest absolute Gasteiger partial charge is 0.494 e. The Hall–Kier alpha value is -3.26. The molecule has 0 bridgehead atoms. The summed E-state index contributed by atoms with van der Waals surface area (Å²) in [5, 5.41) is 0.764. The van der Waals surface area contributed by atoms with Gasteiger partial charge in [-0.15, -0.1) is 11.3 Å². The average Bonchev–Trinajstić information content (AvgIpc) is 3.19. The summed E-state index contributed by atoms with van der Waals surface area (Å²) in [6.07, 6.45) is 3.53. The zero-order valence-electron chi connectivity index (χ0n) is 18.5. The lowest BCUT2D eigenvalue weighted by Crippen LogP contribution is -2.32. The molecule has 0 aliphatic heterocycles. The fourth-order valence-corrected chi connectivity index (χ4v) is 4.19. The van der Waals surface area contributed by atoms with Crippen molar-refractivity contribution in [3.05, 3.63) is 64.9 Å². The number of hydrogen-bond donors (Lipinski definition) is 0. The highest BCUT2D eigenvalue weighted by Gasteiger charge is 2.23. The van der Waals surface area contributed by atoms with E-state index in [1.54, 1.807) is 24.2 Å². The van der Waals surface area contributed by atoms with Crippen molar-refractivity contribution in [3.8, 4) is 16.3 Å². The van der Waals surface area contributed by atoms with Gasteiger partial charge in [0.2, 0.25) is 0 Å². The number of pyridine rings is 1. The van der Waals surface area contributed by atoms with E-state index in [9.17, 15) is 9.59 Å². The highest BCUT2D eigenvalue weighted by Crippen LogP contribution is 2.30. The molecule has 7 nitrogen and oxygen atoms in total. The zero-order valence-corrected chi connectivity index (χ0v) is 19.4. The number of carbonyl (C=O) groups is 2. The van der Waals surface area contributed by atoms with Crippen molar-refractivity contribution in [1.82, 2.24) is 14.9 Å². The Morgan fingerprint density at radius 2 is 1.88 bits per heavy atom. The van der Waals surface area contributed by atoms with Crippen molar-refractivity contribution in [3.63, 3.8) is 0 Å². The first kappa shape index (κ1) is 23.4. The third kappa shape index (κ3) is 6.13. The molecule has 0 aliphatic carbocycles. The lowest BCUT2D eigenvalue weighted by atomic mass is 10.2. The first-order chi connectivity index (χ1) is 15.5. The Bertz CT molecular complexity index is 1040. The number of aryl methyl sites for hydroxylation is 1. The van der Waals surface area contributed by atoms with Crippen LogP contribution >= 0.6 is 11.3 Å². The third-order valence-electron chi connectivity index (χ3n) is 4.68. The van der Waals surface area contributed by atoms with E-state index in [4.69, 9.17) is 9.47 Å². The molecule has 1 amide bonds. The van der Waals surface area contributed by atoms with Gasteiger partial charge in [-0.05, 0) is 56.7 Å². The van der Waals surface area contributed by atoms with Crippen LogP contribution in [-0.4, -0.2) is 46.5 Å². The predicted octanol–water partition coefficient (Wildman–Crippen LogP) is 4.51. The SMILES string of the molecule is CCOC(=O)CCN(Cc1cccnc1)C(=O)c1sc(-c2ccc(OCC)cc2)nc1C. The number of ether oxygens (including phenoxy) is 2. The summed E-state index contributed by atoms with van der Waals surface area (Å²) in [5.74, 6) is 0.306. The molecule has 0 atom stereocenters. The molecule has 32 heavy (non-hydrogen) atoms. The molecule has 3 aromatic rings. The van der Waals surface area contributed by atoms with Gasteiger partial charge in [-0.1, -0.05) is 6.07 Å². The fourth-order valence-electron chi connectivity index (χ4n) is 3.15. The number of benzene rings is 1. The van der Waals surface area contributed by atoms with E-state index in [1.165, 1.54) is 11.3 Å². The van der Waals surface area contributed by atoms with Crippen LogP contribution in [0.2, 0.25) is 0 Å². The minimum Gasteiger partial charge on any atom is -0.494 e. The van der Waals surface area contributed by atoms with Crippen LogP contribution in [0.25, 0.3) is 10.6 Å². The van der Waals surface area contributed by atoms with Crippen molar-refractivity contribution in [1.29, 1.82) is 0 Å². The van der Waals surface area contributed by atoms with Gasteiger partial charge in [0.1, 0.15) is 15.6 Å². The van der Waals surface area contributed by atoms with Crippen LogP contribution in [0.4, 0.5) is 0 Å². The van der Waals surface area contributed by atoms with Gasteiger partial charge in [-0.3, -0.25) is 14.6 Å². The number of amides is 1. The lowest BCUT2D eigenvalue weighted by molar-refractivity contribution is -0.143. The second kappa shape index (κ2) is 11.4. The molecule has 1 aromatic carbocycles. The van der Waals surface area contributed by atoms with E-state index in [0.29, 0.717) is 30.3 Å². The monoisotopic (exact) mass is 453 g/mol. The van der Waals surface area contributed by atoms with Crippen LogP contribution < -0.4 is 4.74 Å². The molecule has 0 fully saturated rings. The maximum Gasteiger partial charge on any atom is 0.307 e. The van der Waals surface area contributed by atoms with Gasteiger partial charge < -0.3 is 14.4 Å². The molecule has 168 valence electrons. The summed E-state index contributed by atoms with van der Waals surface area (Å²) >= 11 is 1.35. The molecule has 0 spiro atoms. The summed E-state index contributed by atoms with van der Waals surface area (Å²) < 4.78 is 10.5. The minimum absolute atomic E-state index is 0.128. The van der Waals surface area contributed by atoms with E-state index in [2.05, 4.69) is 9.97 Å². The quantitative estimate of drug-likeness (QED) is 0.420. The van der Waals surface area contributed by atoms with Crippen LogP contribution in [0.5, 0.6) is 5.75 Å². The van der Waals surface area contributed by atoms with Gasteiger partial charge in [0.05, 0.1) is 25.3 Å². The summed E-state index contributed by atoms with van der Waals surface area (Å²) in [6, 6.07) is 11.4. The molecule has 0 radical (unpaired) electrons. The Morgan fingerprint density at radius 1 is 1.09 bits per heavy atom. The summed E-state index contributed by atoms with van der Waals surface area (Å²) in [7, 11) is 0. The number of rotatable bonds is 10. The Morgan fingerprint density at radius 3 is 2.53 bits per heavy atom. The van der Waals surface area contributed by atoms with Crippen molar-refractivity contribution in [2.75, 3.05) is 19.8 Å². The zero-order chi connectivity index (χ0) is 22.9. The molecule has 2 heterocycles. The van der Waals surface area contributed by atoms with Crippen LogP contribution in [0, 0.1) is 6.92 Å². The van der Waals surface area contributed by atoms with Crippen molar-refractivity contribution >= 4 is 23.2 Å². The first-order valence-electron chi connectivity index (χ1n) is 10.6. The van der Waals surface area contributed by atoms with Crippen molar-refractivity contribution in [2.24, 2.45) is 0 Å². The van der Waals surface area contributed by atoms with Crippen LogP contribution in [-0.2, 0) is 16.1 Å². The van der Waals surface area contributed by atoms with Crippen LogP contribution in [0.15, 0.2) is 48.8 Å². The maximum absolute atomic E-state index is 13.4. The molecular formula is C24H27N3O4S. The summed E-state index contributed by atoms with van der Waals surface area (Å²) in [4.78, 5) is 36.3. The molecule has 2 aromatic heterocycles. The minimum atomic E-state index is -0.326. The van der Waals surface area contributed by atoms with Crippen molar-refractivity contribution in [2.45, 2.75) is 33.7 Å². The van der Waals surface area contributed by atoms with Gasteiger partial charge in [-0.25, -0.2) is 4.98 Å². The Balaban J connectivity index is 1.82. The second-order valence-corrected chi connectivity index (χ2v) is 8.03. The van der Waals surface area contributed by atoms with Gasteiger partial charge in [0.15, 0.2) is 0 Å². The van der Waals surface area contributed by atoms with E-state index >= 15 is 0 Å². The first-order valence-corrected chi connectivity index (χ1v) is 11.4. The lowest BCUT2D eigenvalue weighted by Gasteiger charge is -2.22. The molecule has 8 heteroatoms. The molecule has 0 saturated carbocycles. The van der Waals surface area contributed by atoms with Crippen molar-refractivity contribution < 1.29 is 19.1 Å². The Kier molecular flexibility index (Phi) is 8.33. The fraction of sp³-hybridized carbons (Fsp3) is 0.333. The summed E-state index contributed by atoms with van der Waals surface area (Å²) in [5.41, 5.74) is 2.47. The smallest absolute Gasteiger partial charge is 0.307 e.